The lowest BCUT2D eigenvalue weighted by molar-refractivity contribution is -0.120. The predicted octanol–water partition coefficient (Wildman–Crippen LogP) is 2.38. The van der Waals surface area contributed by atoms with Crippen molar-refractivity contribution in [2.45, 2.75) is 24.7 Å². The van der Waals surface area contributed by atoms with E-state index < -0.39 is 0 Å². The SMILES string of the molecule is CC(Br)C(=O)NC(C)c1ccc2c(c1)OCO2. The van der Waals surface area contributed by atoms with E-state index in [1.165, 1.54) is 0 Å². The van der Waals surface area contributed by atoms with E-state index in [0.29, 0.717) is 0 Å². The molecule has 1 heterocycles. The van der Waals surface area contributed by atoms with E-state index in [-0.39, 0.29) is 23.6 Å². The molecule has 0 saturated heterocycles. The number of benzene rings is 1. The van der Waals surface area contributed by atoms with Crippen LogP contribution in [0.5, 0.6) is 11.5 Å². The van der Waals surface area contributed by atoms with Gasteiger partial charge in [0.05, 0.1) is 10.9 Å². The molecule has 0 spiro atoms. The Morgan fingerprint density at radius 3 is 2.76 bits per heavy atom. The highest BCUT2D eigenvalue weighted by Gasteiger charge is 2.17. The third kappa shape index (κ3) is 2.72. The molecule has 0 aromatic heterocycles. The first-order chi connectivity index (χ1) is 8.08. The zero-order valence-electron chi connectivity index (χ0n) is 9.70. The average molecular weight is 300 g/mol. The van der Waals surface area contributed by atoms with E-state index in [1.54, 1.807) is 6.92 Å². The van der Waals surface area contributed by atoms with Crippen LogP contribution in [0.2, 0.25) is 0 Å². The number of halogens is 1. The molecule has 1 aromatic rings. The number of alkyl halides is 1. The minimum absolute atomic E-state index is 0.0323. The number of nitrogens with one attached hydrogen (secondary N) is 1. The molecule has 1 N–H and O–H groups in total. The Bertz CT molecular complexity index is 434. The van der Waals surface area contributed by atoms with Gasteiger partial charge in [0.15, 0.2) is 11.5 Å². The van der Waals surface area contributed by atoms with Gasteiger partial charge in [0.25, 0.3) is 0 Å². The topological polar surface area (TPSA) is 47.6 Å². The Morgan fingerprint density at radius 1 is 1.35 bits per heavy atom. The van der Waals surface area contributed by atoms with Gasteiger partial charge in [-0.2, -0.15) is 0 Å². The minimum atomic E-state index is -0.195. The lowest BCUT2D eigenvalue weighted by atomic mass is 10.1. The van der Waals surface area contributed by atoms with E-state index in [4.69, 9.17) is 9.47 Å². The Balaban J connectivity index is 2.09. The summed E-state index contributed by atoms with van der Waals surface area (Å²) in [5.41, 5.74) is 0.996. The van der Waals surface area contributed by atoms with Crippen molar-refractivity contribution in [3.8, 4) is 11.5 Å². The molecule has 1 aliphatic rings. The summed E-state index contributed by atoms with van der Waals surface area (Å²) in [6.45, 7) is 3.99. The number of rotatable bonds is 3. The first-order valence-corrected chi connectivity index (χ1v) is 6.33. The van der Waals surface area contributed by atoms with Gasteiger partial charge in [0.1, 0.15) is 0 Å². The molecule has 1 aliphatic heterocycles. The summed E-state index contributed by atoms with van der Waals surface area (Å²) in [7, 11) is 0. The molecule has 2 unspecified atom stereocenters. The summed E-state index contributed by atoms with van der Waals surface area (Å²) >= 11 is 3.23. The van der Waals surface area contributed by atoms with Gasteiger partial charge in [-0.05, 0) is 31.5 Å². The fourth-order valence-electron chi connectivity index (χ4n) is 1.59. The molecule has 0 radical (unpaired) electrons. The van der Waals surface area contributed by atoms with Gasteiger partial charge >= 0.3 is 0 Å². The zero-order valence-corrected chi connectivity index (χ0v) is 11.3. The Labute approximate surface area is 108 Å². The van der Waals surface area contributed by atoms with Gasteiger partial charge in [-0.25, -0.2) is 0 Å². The molecular weight excluding hydrogens is 286 g/mol. The number of fused-ring (bicyclic) bond motifs is 1. The van der Waals surface area contributed by atoms with Crippen molar-refractivity contribution in [1.82, 2.24) is 5.32 Å². The van der Waals surface area contributed by atoms with Crippen molar-refractivity contribution in [2.24, 2.45) is 0 Å². The third-order valence-corrected chi connectivity index (χ3v) is 3.03. The standard InChI is InChI=1S/C12H14BrNO3/c1-7(13)12(15)14-8(2)9-3-4-10-11(5-9)17-6-16-10/h3-5,7-8H,6H2,1-2H3,(H,14,15). The molecule has 4 nitrogen and oxygen atoms in total. The quantitative estimate of drug-likeness (QED) is 0.872. The van der Waals surface area contributed by atoms with Crippen molar-refractivity contribution in [2.75, 3.05) is 6.79 Å². The van der Waals surface area contributed by atoms with Crippen LogP contribution in [0.3, 0.4) is 0 Å². The molecule has 5 heteroatoms. The number of carbonyl (C=O) groups is 1. The normalized spacial score (nSPS) is 16.4. The largest absolute Gasteiger partial charge is 0.454 e. The van der Waals surface area contributed by atoms with E-state index >= 15 is 0 Å². The molecule has 17 heavy (non-hydrogen) atoms. The highest BCUT2D eigenvalue weighted by atomic mass is 79.9. The van der Waals surface area contributed by atoms with Crippen molar-refractivity contribution < 1.29 is 14.3 Å². The summed E-state index contributed by atoms with van der Waals surface area (Å²) in [6, 6.07) is 5.62. The third-order valence-electron chi connectivity index (χ3n) is 2.62. The van der Waals surface area contributed by atoms with Crippen LogP contribution in [-0.4, -0.2) is 17.5 Å². The van der Waals surface area contributed by atoms with Gasteiger partial charge in [-0.3, -0.25) is 4.79 Å². The number of amides is 1. The Kier molecular flexibility index (Phi) is 3.57. The first kappa shape index (κ1) is 12.2. The molecule has 2 atom stereocenters. The molecule has 0 aliphatic carbocycles. The van der Waals surface area contributed by atoms with Crippen molar-refractivity contribution >= 4 is 21.8 Å². The fraction of sp³-hybridized carbons (Fsp3) is 0.417. The maximum atomic E-state index is 11.5. The van der Waals surface area contributed by atoms with Crippen molar-refractivity contribution in [3.63, 3.8) is 0 Å². The predicted molar refractivity (Wildman–Crippen MR) is 67.5 cm³/mol. The molecular formula is C12H14BrNO3. The van der Waals surface area contributed by atoms with Gasteiger partial charge in [0.2, 0.25) is 12.7 Å². The van der Waals surface area contributed by atoms with Crippen LogP contribution in [0.25, 0.3) is 0 Å². The molecule has 1 amide bonds. The van der Waals surface area contributed by atoms with E-state index in [9.17, 15) is 4.79 Å². The number of hydrogen-bond acceptors (Lipinski definition) is 3. The van der Waals surface area contributed by atoms with Crippen LogP contribution < -0.4 is 14.8 Å². The maximum absolute atomic E-state index is 11.5. The monoisotopic (exact) mass is 299 g/mol. The van der Waals surface area contributed by atoms with Crippen LogP contribution in [0, 0.1) is 0 Å². The number of ether oxygens (including phenoxy) is 2. The first-order valence-electron chi connectivity index (χ1n) is 5.42. The summed E-state index contributed by atoms with van der Waals surface area (Å²) in [5.74, 6) is 1.45. The highest BCUT2D eigenvalue weighted by Crippen LogP contribution is 2.34. The van der Waals surface area contributed by atoms with E-state index in [2.05, 4.69) is 21.2 Å². The molecule has 0 fully saturated rings. The molecule has 2 rings (SSSR count). The molecule has 0 saturated carbocycles. The van der Waals surface area contributed by atoms with E-state index in [1.807, 2.05) is 25.1 Å². The lowest BCUT2D eigenvalue weighted by Crippen LogP contribution is -2.31. The van der Waals surface area contributed by atoms with Crippen LogP contribution in [0.15, 0.2) is 18.2 Å². The second-order valence-electron chi connectivity index (χ2n) is 3.96. The second-order valence-corrected chi connectivity index (χ2v) is 5.33. The minimum Gasteiger partial charge on any atom is -0.454 e. The van der Waals surface area contributed by atoms with Crippen LogP contribution in [0.1, 0.15) is 25.5 Å². The smallest absolute Gasteiger partial charge is 0.233 e. The molecule has 1 aromatic carbocycles. The van der Waals surface area contributed by atoms with Crippen LogP contribution in [0.4, 0.5) is 0 Å². The van der Waals surface area contributed by atoms with Crippen molar-refractivity contribution in [1.29, 1.82) is 0 Å². The second kappa shape index (κ2) is 4.96. The fourth-order valence-corrected chi connectivity index (χ4v) is 1.73. The van der Waals surface area contributed by atoms with Gasteiger partial charge < -0.3 is 14.8 Å². The van der Waals surface area contributed by atoms with Crippen molar-refractivity contribution in [3.05, 3.63) is 23.8 Å². The maximum Gasteiger partial charge on any atom is 0.233 e. The average Bonchev–Trinajstić information content (AvgIpc) is 2.75. The Hall–Kier alpha value is -1.23. The summed E-state index contributed by atoms with van der Waals surface area (Å²) in [6.07, 6.45) is 0. The highest BCUT2D eigenvalue weighted by molar-refractivity contribution is 9.10. The van der Waals surface area contributed by atoms with Crippen LogP contribution in [-0.2, 0) is 4.79 Å². The lowest BCUT2D eigenvalue weighted by Gasteiger charge is -2.15. The molecule has 92 valence electrons. The van der Waals surface area contributed by atoms with E-state index in [0.717, 1.165) is 17.1 Å². The number of carbonyl (C=O) groups excluding carboxylic acids is 1. The zero-order chi connectivity index (χ0) is 12.4. The number of hydrogen-bond donors (Lipinski definition) is 1. The summed E-state index contributed by atoms with van der Waals surface area (Å²) in [5, 5.41) is 2.90. The summed E-state index contributed by atoms with van der Waals surface area (Å²) < 4.78 is 10.5. The van der Waals surface area contributed by atoms with Gasteiger partial charge in [-0.1, -0.05) is 22.0 Å². The van der Waals surface area contributed by atoms with Gasteiger partial charge in [-0.15, -0.1) is 0 Å². The van der Waals surface area contributed by atoms with Gasteiger partial charge in [0, 0.05) is 0 Å². The van der Waals surface area contributed by atoms with Crippen LogP contribution >= 0.6 is 15.9 Å². The summed E-state index contributed by atoms with van der Waals surface area (Å²) in [4.78, 5) is 11.4. The molecule has 0 bridgehead atoms. The Morgan fingerprint density at radius 2 is 2.06 bits per heavy atom.